The van der Waals surface area contributed by atoms with Gasteiger partial charge >= 0.3 is 0 Å². The van der Waals surface area contributed by atoms with E-state index < -0.39 is 10.0 Å². The minimum atomic E-state index is -3.51. The Morgan fingerprint density at radius 3 is 2.38 bits per heavy atom. The molecule has 29 heavy (non-hydrogen) atoms. The van der Waals surface area contributed by atoms with Gasteiger partial charge < -0.3 is 9.80 Å². The second-order valence-corrected chi connectivity index (χ2v) is 9.63. The maximum Gasteiger partial charge on any atom is 0.243 e. The summed E-state index contributed by atoms with van der Waals surface area (Å²) >= 11 is 0. The Morgan fingerprint density at radius 2 is 1.69 bits per heavy atom. The summed E-state index contributed by atoms with van der Waals surface area (Å²) in [6, 6.07) is 15.5. The number of carbonyl (C=O) groups excluding carboxylic acids is 1. The average molecular weight is 414 g/mol. The molecule has 2 aromatic carbocycles. The van der Waals surface area contributed by atoms with Crippen molar-refractivity contribution in [1.82, 2.24) is 9.21 Å². The molecule has 2 aliphatic rings. The first-order valence-corrected chi connectivity index (χ1v) is 11.6. The second-order valence-electron chi connectivity index (χ2n) is 7.69. The third-order valence-corrected chi connectivity index (χ3v) is 7.75. The normalized spacial score (nSPS) is 18.0. The lowest BCUT2D eigenvalue weighted by molar-refractivity contribution is -0.116. The van der Waals surface area contributed by atoms with Crippen molar-refractivity contribution >= 4 is 21.6 Å². The zero-order valence-corrected chi connectivity index (χ0v) is 17.6. The first-order chi connectivity index (χ1) is 13.9. The van der Waals surface area contributed by atoms with E-state index in [1.54, 1.807) is 27.4 Å². The van der Waals surface area contributed by atoms with Crippen molar-refractivity contribution < 1.29 is 13.2 Å². The van der Waals surface area contributed by atoms with E-state index in [1.807, 2.05) is 18.2 Å². The first kappa shape index (κ1) is 20.1. The minimum absolute atomic E-state index is 0.00835. The maximum atomic E-state index is 13.1. The van der Waals surface area contributed by atoms with Crippen LogP contribution < -0.4 is 4.90 Å². The molecule has 0 bridgehead atoms. The molecule has 0 aromatic heterocycles. The van der Waals surface area contributed by atoms with E-state index in [1.165, 1.54) is 12.5 Å². The van der Waals surface area contributed by atoms with Gasteiger partial charge in [0.2, 0.25) is 15.9 Å². The van der Waals surface area contributed by atoms with Crippen LogP contribution in [-0.2, 0) is 27.7 Å². The van der Waals surface area contributed by atoms with Gasteiger partial charge in [-0.25, -0.2) is 8.42 Å². The van der Waals surface area contributed by atoms with E-state index in [4.69, 9.17) is 0 Å². The van der Waals surface area contributed by atoms with E-state index in [0.29, 0.717) is 31.0 Å². The lowest BCUT2D eigenvalue weighted by Crippen LogP contribution is -2.49. The number of sulfonamides is 1. The number of anilines is 1. The largest absolute Gasteiger partial charge is 0.312 e. The van der Waals surface area contributed by atoms with Gasteiger partial charge in [0, 0.05) is 51.9 Å². The van der Waals surface area contributed by atoms with Crippen molar-refractivity contribution in [1.29, 1.82) is 0 Å². The average Bonchev–Trinajstić information content (AvgIpc) is 3.17. The summed E-state index contributed by atoms with van der Waals surface area (Å²) in [6.45, 7) is 5.61. The Bertz CT molecular complexity index is 984. The zero-order valence-electron chi connectivity index (χ0n) is 16.8. The molecule has 2 heterocycles. The number of fused-ring (bicyclic) bond motifs is 1. The maximum absolute atomic E-state index is 13.1. The molecule has 7 heteroatoms. The molecule has 0 radical (unpaired) electrons. The fourth-order valence-electron chi connectivity index (χ4n) is 4.14. The quantitative estimate of drug-likeness (QED) is 0.754. The van der Waals surface area contributed by atoms with Gasteiger partial charge in [-0.2, -0.15) is 4.31 Å². The minimum Gasteiger partial charge on any atom is -0.312 e. The molecule has 2 aliphatic heterocycles. The van der Waals surface area contributed by atoms with E-state index >= 15 is 0 Å². The van der Waals surface area contributed by atoms with E-state index in [2.05, 4.69) is 17.0 Å². The molecule has 0 unspecified atom stereocenters. The predicted molar refractivity (Wildman–Crippen MR) is 114 cm³/mol. The fourth-order valence-corrected chi connectivity index (χ4v) is 5.61. The van der Waals surface area contributed by atoms with Crippen LogP contribution in [-0.4, -0.2) is 62.8 Å². The zero-order chi connectivity index (χ0) is 20.4. The van der Waals surface area contributed by atoms with Crippen LogP contribution in [0.5, 0.6) is 0 Å². The molecule has 2 aromatic rings. The molecular weight excluding hydrogens is 386 g/mol. The fraction of sp³-hybridized carbons (Fsp3) is 0.409. The SMILES string of the molecule is CC(=O)N1CCc2cc(S(=O)(=O)N3CCN(CCc4ccccc4)CC3)ccc21. The standard InChI is InChI=1S/C22H27N3O3S/c1-18(26)25-12-10-20-17-21(7-8-22(20)25)29(27,28)24-15-13-23(14-16-24)11-9-19-5-3-2-4-6-19/h2-8,17H,9-16H2,1H3. The van der Waals surface area contributed by atoms with Gasteiger partial charge in [0.25, 0.3) is 0 Å². The van der Waals surface area contributed by atoms with Gasteiger partial charge in [-0.1, -0.05) is 30.3 Å². The summed E-state index contributed by atoms with van der Waals surface area (Å²) < 4.78 is 27.8. The number of hydrogen-bond acceptors (Lipinski definition) is 4. The van der Waals surface area contributed by atoms with E-state index in [0.717, 1.165) is 37.3 Å². The van der Waals surface area contributed by atoms with Gasteiger partial charge in [-0.15, -0.1) is 0 Å². The van der Waals surface area contributed by atoms with Gasteiger partial charge in [0.05, 0.1) is 4.90 Å². The Morgan fingerprint density at radius 1 is 0.966 bits per heavy atom. The van der Waals surface area contributed by atoms with Crippen molar-refractivity contribution in [2.24, 2.45) is 0 Å². The molecule has 4 rings (SSSR count). The second kappa shape index (κ2) is 8.26. The molecule has 1 fully saturated rings. The highest BCUT2D eigenvalue weighted by molar-refractivity contribution is 7.89. The molecule has 0 spiro atoms. The van der Waals surface area contributed by atoms with Crippen LogP contribution in [0.15, 0.2) is 53.4 Å². The smallest absolute Gasteiger partial charge is 0.243 e. The highest BCUT2D eigenvalue weighted by Gasteiger charge is 2.30. The number of nitrogens with zero attached hydrogens (tertiary/aromatic N) is 3. The number of rotatable bonds is 5. The van der Waals surface area contributed by atoms with Crippen LogP contribution >= 0.6 is 0 Å². The summed E-state index contributed by atoms with van der Waals surface area (Å²) in [5.41, 5.74) is 3.07. The number of piperazine rings is 1. The molecule has 0 atom stereocenters. The molecule has 0 N–H and O–H groups in total. The van der Waals surface area contributed by atoms with Crippen LogP contribution in [0.2, 0.25) is 0 Å². The summed E-state index contributed by atoms with van der Waals surface area (Å²) in [5.74, 6) is -0.00835. The monoisotopic (exact) mass is 413 g/mol. The van der Waals surface area contributed by atoms with Crippen LogP contribution in [0.1, 0.15) is 18.1 Å². The van der Waals surface area contributed by atoms with E-state index in [9.17, 15) is 13.2 Å². The Balaban J connectivity index is 1.39. The summed E-state index contributed by atoms with van der Waals surface area (Å²) in [4.78, 5) is 16.1. The molecule has 1 amide bonds. The highest BCUT2D eigenvalue weighted by Crippen LogP contribution is 2.31. The van der Waals surface area contributed by atoms with Crippen molar-refractivity contribution in [2.45, 2.75) is 24.7 Å². The number of benzene rings is 2. The van der Waals surface area contributed by atoms with Crippen LogP contribution in [0.3, 0.4) is 0 Å². The van der Waals surface area contributed by atoms with Crippen LogP contribution in [0.4, 0.5) is 5.69 Å². The van der Waals surface area contributed by atoms with Crippen LogP contribution in [0.25, 0.3) is 0 Å². The van der Waals surface area contributed by atoms with Crippen molar-refractivity contribution in [3.8, 4) is 0 Å². The Hall–Kier alpha value is -2.22. The Labute approximate surface area is 172 Å². The molecule has 0 aliphatic carbocycles. The number of amides is 1. The lowest BCUT2D eigenvalue weighted by Gasteiger charge is -2.34. The van der Waals surface area contributed by atoms with Gasteiger partial charge in [-0.05, 0) is 42.2 Å². The summed E-state index contributed by atoms with van der Waals surface area (Å²) in [6.07, 6.45) is 1.68. The topological polar surface area (TPSA) is 60.9 Å². The van der Waals surface area contributed by atoms with E-state index in [-0.39, 0.29) is 5.91 Å². The van der Waals surface area contributed by atoms with Crippen LogP contribution in [0, 0.1) is 0 Å². The first-order valence-electron chi connectivity index (χ1n) is 10.1. The third kappa shape index (κ3) is 4.22. The molecule has 0 saturated carbocycles. The van der Waals surface area contributed by atoms with Gasteiger partial charge in [-0.3, -0.25) is 4.79 Å². The Kier molecular flexibility index (Phi) is 5.72. The van der Waals surface area contributed by atoms with Crippen molar-refractivity contribution in [3.05, 3.63) is 59.7 Å². The molecule has 6 nitrogen and oxygen atoms in total. The third-order valence-electron chi connectivity index (χ3n) is 5.86. The molecule has 154 valence electrons. The molecular formula is C22H27N3O3S. The van der Waals surface area contributed by atoms with Gasteiger partial charge in [0.1, 0.15) is 0 Å². The summed E-state index contributed by atoms with van der Waals surface area (Å²) in [5, 5.41) is 0. The van der Waals surface area contributed by atoms with Crippen molar-refractivity contribution in [3.63, 3.8) is 0 Å². The number of hydrogen-bond donors (Lipinski definition) is 0. The van der Waals surface area contributed by atoms with Gasteiger partial charge in [0.15, 0.2) is 0 Å². The predicted octanol–water partition coefficient (Wildman–Crippen LogP) is 2.14. The number of carbonyl (C=O) groups is 1. The molecule has 1 saturated heterocycles. The lowest BCUT2D eigenvalue weighted by atomic mass is 10.1. The summed E-state index contributed by atoms with van der Waals surface area (Å²) in [7, 11) is -3.51. The highest BCUT2D eigenvalue weighted by atomic mass is 32.2. The van der Waals surface area contributed by atoms with Crippen molar-refractivity contribution in [2.75, 3.05) is 44.2 Å².